The highest BCUT2D eigenvalue weighted by Crippen LogP contribution is 2.16. The maximum Gasteiger partial charge on any atom is 0.309 e. The number of esters is 1. The Morgan fingerprint density at radius 2 is 2.00 bits per heavy atom. The van der Waals surface area contributed by atoms with Gasteiger partial charge >= 0.3 is 5.97 Å². The van der Waals surface area contributed by atoms with Gasteiger partial charge in [-0.15, -0.1) is 0 Å². The van der Waals surface area contributed by atoms with Gasteiger partial charge in [0.2, 0.25) is 0 Å². The average Bonchev–Trinajstić information content (AvgIpc) is 2.05. The van der Waals surface area contributed by atoms with E-state index >= 15 is 0 Å². The molecule has 0 bridgehead atoms. The summed E-state index contributed by atoms with van der Waals surface area (Å²) in [5.41, 5.74) is 0. The van der Waals surface area contributed by atoms with Gasteiger partial charge in [-0.05, 0) is 26.7 Å². The fraction of sp³-hybridized carbons (Fsp3) is 0.889. The Morgan fingerprint density at radius 1 is 1.42 bits per heavy atom. The summed E-state index contributed by atoms with van der Waals surface area (Å²) in [5, 5.41) is 0. The van der Waals surface area contributed by atoms with Crippen LogP contribution in [0.15, 0.2) is 0 Å². The standard InChI is InChI=1S/C9H16O3/c1-7(2)12-9(10)8-3-5-11-6-4-8/h7-8H,3-6H2,1-2H3. The molecule has 1 heterocycles. The van der Waals surface area contributed by atoms with Crippen LogP contribution < -0.4 is 0 Å². The summed E-state index contributed by atoms with van der Waals surface area (Å²) in [6.07, 6.45) is 1.62. The van der Waals surface area contributed by atoms with Crippen LogP contribution >= 0.6 is 0 Å². The summed E-state index contributed by atoms with van der Waals surface area (Å²) in [7, 11) is 0. The number of carbonyl (C=O) groups is 1. The number of ether oxygens (including phenoxy) is 2. The molecule has 3 heteroatoms. The Morgan fingerprint density at radius 3 is 2.50 bits per heavy atom. The first-order chi connectivity index (χ1) is 5.70. The van der Waals surface area contributed by atoms with Gasteiger partial charge in [0.15, 0.2) is 0 Å². The highest BCUT2D eigenvalue weighted by atomic mass is 16.5. The topological polar surface area (TPSA) is 35.5 Å². The molecule has 1 aliphatic heterocycles. The van der Waals surface area contributed by atoms with Crippen LogP contribution in [0.3, 0.4) is 0 Å². The van der Waals surface area contributed by atoms with Gasteiger partial charge in [0, 0.05) is 13.2 Å². The van der Waals surface area contributed by atoms with E-state index in [1.54, 1.807) is 0 Å². The summed E-state index contributed by atoms with van der Waals surface area (Å²) >= 11 is 0. The van der Waals surface area contributed by atoms with Crippen LogP contribution in [0.2, 0.25) is 0 Å². The predicted molar refractivity (Wildman–Crippen MR) is 44.8 cm³/mol. The number of hydrogen-bond acceptors (Lipinski definition) is 3. The van der Waals surface area contributed by atoms with Crippen molar-refractivity contribution in [2.45, 2.75) is 32.8 Å². The molecule has 0 radical (unpaired) electrons. The van der Waals surface area contributed by atoms with Crippen molar-refractivity contribution in [1.29, 1.82) is 0 Å². The molecular weight excluding hydrogens is 156 g/mol. The van der Waals surface area contributed by atoms with Gasteiger partial charge in [0.25, 0.3) is 0 Å². The molecule has 0 aromatic carbocycles. The molecule has 3 nitrogen and oxygen atoms in total. The van der Waals surface area contributed by atoms with E-state index in [1.807, 2.05) is 13.8 Å². The Kier molecular flexibility index (Phi) is 3.53. The molecule has 0 aliphatic carbocycles. The van der Waals surface area contributed by atoms with E-state index in [2.05, 4.69) is 0 Å². The summed E-state index contributed by atoms with van der Waals surface area (Å²) in [5.74, 6) is 0.00875. The Bertz CT molecular complexity index is 148. The lowest BCUT2D eigenvalue weighted by Crippen LogP contribution is -2.27. The SMILES string of the molecule is CC(C)OC(=O)C1CCOCC1. The molecule has 0 spiro atoms. The minimum Gasteiger partial charge on any atom is -0.463 e. The van der Waals surface area contributed by atoms with Crippen molar-refractivity contribution in [1.82, 2.24) is 0 Å². The first-order valence-electron chi connectivity index (χ1n) is 4.48. The van der Waals surface area contributed by atoms with Crippen LogP contribution in [0.5, 0.6) is 0 Å². The zero-order valence-electron chi connectivity index (χ0n) is 7.71. The summed E-state index contributed by atoms with van der Waals surface area (Å²) in [6, 6.07) is 0. The smallest absolute Gasteiger partial charge is 0.309 e. The Balaban J connectivity index is 2.30. The van der Waals surface area contributed by atoms with E-state index in [4.69, 9.17) is 9.47 Å². The van der Waals surface area contributed by atoms with Crippen LogP contribution in [0, 0.1) is 5.92 Å². The van der Waals surface area contributed by atoms with Crippen molar-refractivity contribution in [3.63, 3.8) is 0 Å². The Hall–Kier alpha value is -0.570. The zero-order valence-corrected chi connectivity index (χ0v) is 7.71. The van der Waals surface area contributed by atoms with Crippen molar-refractivity contribution < 1.29 is 14.3 Å². The molecule has 0 aromatic heterocycles. The quantitative estimate of drug-likeness (QED) is 0.590. The highest BCUT2D eigenvalue weighted by Gasteiger charge is 2.23. The lowest BCUT2D eigenvalue weighted by Gasteiger charge is -2.21. The molecule has 0 amide bonds. The van der Waals surface area contributed by atoms with Crippen molar-refractivity contribution in [2.75, 3.05) is 13.2 Å². The lowest BCUT2D eigenvalue weighted by atomic mass is 10.0. The predicted octanol–water partition coefficient (Wildman–Crippen LogP) is 1.36. The molecular formula is C9H16O3. The third-order valence-corrected chi connectivity index (χ3v) is 1.91. The fourth-order valence-corrected chi connectivity index (χ4v) is 1.26. The first kappa shape index (κ1) is 9.52. The van der Waals surface area contributed by atoms with Gasteiger partial charge in [0.1, 0.15) is 0 Å². The third-order valence-electron chi connectivity index (χ3n) is 1.91. The van der Waals surface area contributed by atoms with E-state index in [9.17, 15) is 4.79 Å². The molecule has 0 atom stereocenters. The van der Waals surface area contributed by atoms with Crippen molar-refractivity contribution in [3.05, 3.63) is 0 Å². The minimum atomic E-state index is -0.0618. The van der Waals surface area contributed by atoms with Crippen molar-refractivity contribution in [2.24, 2.45) is 5.92 Å². The van der Waals surface area contributed by atoms with E-state index in [0.717, 1.165) is 12.8 Å². The van der Waals surface area contributed by atoms with Crippen LogP contribution in [0.25, 0.3) is 0 Å². The molecule has 12 heavy (non-hydrogen) atoms. The molecule has 0 aromatic rings. The monoisotopic (exact) mass is 172 g/mol. The van der Waals surface area contributed by atoms with Gasteiger partial charge in [0.05, 0.1) is 12.0 Å². The molecule has 1 fully saturated rings. The molecule has 1 saturated heterocycles. The summed E-state index contributed by atoms with van der Waals surface area (Å²) in [6.45, 7) is 5.13. The molecule has 0 unspecified atom stereocenters. The minimum absolute atomic E-state index is 0.000319. The van der Waals surface area contributed by atoms with Crippen molar-refractivity contribution >= 4 is 5.97 Å². The van der Waals surface area contributed by atoms with E-state index in [1.165, 1.54) is 0 Å². The zero-order chi connectivity index (χ0) is 8.97. The van der Waals surface area contributed by atoms with Gasteiger partial charge < -0.3 is 9.47 Å². The second kappa shape index (κ2) is 4.45. The molecule has 1 rings (SSSR count). The van der Waals surface area contributed by atoms with Gasteiger partial charge in [-0.25, -0.2) is 0 Å². The van der Waals surface area contributed by atoms with Gasteiger partial charge in [-0.2, -0.15) is 0 Å². The number of rotatable bonds is 2. The van der Waals surface area contributed by atoms with Gasteiger partial charge in [-0.1, -0.05) is 0 Å². The van der Waals surface area contributed by atoms with E-state index in [0.29, 0.717) is 13.2 Å². The summed E-state index contributed by atoms with van der Waals surface area (Å²) in [4.78, 5) is 11.3. The molecule has 1 aliphatic rings. The molecule has 0 N–H and O–H groups in total. The summed E-state index contributed by atoms with van der Waals surface area (Å²) < 4.78 is 10.2. The number of hydrogen-bond donors (Lipinski definition) is 0. The molecule has 0 saturated carbocycles. The first-order valence-corrected chi connectivity index (χ1v) is 4.48. The maximum absolute atomic E-state index is 11.3. The maximum atomic E-state index is 11.3. The lowest BCUT2D eigenvalue weighted by molar-refractivity contribution is -0.155. The third kappa shape index (κ3) is 2.81. The van der Waals surface area contributed by atoms with Gasteiger partial charge in [-0.3, -0.25) is 4.79 Å². The van der Waals surface area contributed by atoms with Crippen LogP contribution in [0.4, 0.5) is 0 Å². The van der Waals surface area contributed by atoms with Crippen molar-refractivity contribution in [3.8, 4) is 0 Å². The van der Waals surface area contributed by atoms with Crippen LogP contribution in [-0.4, -0.2) is 25.3 Å². The second-order valence-corrected chi connectivity index (χ2v) is 3.37. The van der Waals surface area contributed by atoms with E-state index < -0.39 is 0 Å². The normalized spacial score (nSPS) is 19.6. The van der Waals surface area contributed by atoms with Crippen LogP contribution in [-0.2, 0) is 14.3 Å². The Labute approximate surface area is 73.0 Å². The second-order valence-electron chi connectivity index (χ2n) is 3.37. The van der Waals surface area contributed by atoms with Crippen LogP contribution in [0.1, 0.15) is 26.7 Å². The molecule has 70 valence electrons. The van der Waals surface area contributed by atoms with E-state index in [-0.39, 0.29) is 18.0 Å². The highest BCUT2D eigenvalue weighted by molar-refractivity contribution is 5.72. The average molecular weight is 172 g/mol. The number of carbonyl (C=O) groups excluding carboxylic acids is 1. The largest absolute Gasteiger partial charge is 0.463 e. The fourth-order valence-electron chi connectivity index (χ4n) is 1.26.